The molecule has 4 amide bonds. The Morgan fingerprint density at radius 3 is 2.67 bits per heavy atom. The molecule has 0 bridgehead atoms. The number of benzene rings is 1. The Morgan fingerprint density at radius 1 is 1.30 bits per heavy atom. The Morgan fingerprint density at radius 2 is 2.04 bits per heavy atom. The van der Waals surface area contributed by atoms with Gasteiger partial charge in [0.25, 0.3) is 5.91 Å². The van der Waals surface area contributed by atoms with E-state index in [1.54, 1.807) is 6.07 Å². The molecule has 1 fully saturated rings. The molecule has 9 heteroatoms. The molecule has 144 valence electrons. The third kappa shape index (κ3) is 4.70. The van der Waals surface area contributed by atoms with Gasteiger partial charge in [0, 0.05) is 20.3 Å². The van der Waals surface area contributed by atoms with E-state index in [1.807, 2.05) is 5.32 Å². The molecule has 1 aliphatic rings. The minimum absolute atomic E-state index is 0.0334. The normalized spacial score (nSPS) is 17.3. The average molecular weight is 376 g/mol. The summed E-state index contributed by atoms with van der Waals surface area (Å²) in [5, 5.41) is 11.8. The Labute approximate surface area is 155 Å². The van der Waals surface area contributed by atoms with Gasteiger partial charge in [0.15, 0.2) is 23.2 Å². The number of phenolic OH excluding ortho intramolecular Hbond substituents is 1. The first-order valence-electron chi connectivity index (χ1n) is 8.13. The van der Waals surface area contributed by atoms with Crippen LogP contribution < -0.4 is 10.1 Å². The van der Waals surface area contributed by atoms with E-state index in [0.717, 1.165) is 11.0 Å². The summed E-state index contributed by atoms with van der Waals surface area (Å²) < 4.78 is 9.79. The lowest BCUT2D eigenvalue weighted by Gasteiger charge is -2.28. The first-order valence-corrected chi connectivity index (χ1v) is 8.13. The number of hydrogen-bond donors (Lipinski definition) is 2. The molecule has 0 unspecified atom stereocenters. The van der Waals surface area contributed by atoms with Gasteiger partial charge >= 0.3 is 6.03 Å². The van der Waals surface area contributed by atoms with Crippen LogP contribution in [-0.2, 0) is 19.1 Å². The lowest BCUT2D eigenvalue weighted by atomic mass is 9.98. The summed E-state index contributed by atoms with van der Waals surface area (Å²) in [6, 6.07) is 3.61. The molecule has 1 saturated heterocycles. The molecule has 2 N–H and O–H groups in total. The smallest absolute Gasteiger partial charge is 0.330 e. The molecular formula is C18H20N2O7. The van der Waals surface area contributed by atoms with Crippen molar-refractivity contribution in [1.82, 2.24) is 10.2 Å². The number of carbonyl (C=O) groups excluding carboxylic acids is 4. The minimum Gasteiger partial charge on any atom is -0.504 e. The van der Waals surface area contributed by atoms with Gasteiger partial charge in [-0.1, -0.05) is 12.1 Å². The number of ether oxygens (including phenoxy) is 2. The Balaban J connectivity index is 2.13. The van der Waals surface area contributed by atoms with Crippen LogP contribution in [0.2, 0.25) is 0 Å². The predicted octanol–water partition coefficient (Wildman–Crippen LogP) is 0.714. The molecule has 27 heavy (non-hydrogen) atoms. The van der Waals surface area contributed by atoms with Gasteiger partial charge in [-0.25, -0.2) is 4.79 Å². The van der Waals surface area contributed by atoms with Gasteiger partial charge in [0.05, 0.1) is 7.11 Å². The zero-order valence-electron chi connectivity index (χ0n) is 14.9. The van der Waals surface area contributed by atoms with Gasteiger partial charge in [-0.15, -0.1) is 0 Å². The third-order valence-electron chi connectivity index (χ3n) is 3.91. The van der Waals surface area contributed by atoms with Crippen LogP contribution in [0.1, 0.15) is 12.0 Å². The summed E-state index contributed by atoms with van der Waals surface area (Å²) in [5.41, 5.74) is 0.471. The summed E-state index contributed by atoms with van der Waals surface area (Å²) in [5.74, 6) is -4.07. The lowest BCUT2D eigenvalue weighted by Crippen LogP contribution is -2.59. The number of nitrogens with one attached hydrogen (secondary N) is 1. The number of urea groups is 1. The largest absolute Gasteiger partial charge is 0.504 e. The molecule has 0 spiro atoms. The molecule has 0 saturated carbocycles. The molecule has 1 aromatic carbocycles. The highest BCUT2D eigenvalue weighted by Crippen LogP contribution is 2.26. The topological polar surface area (TPSA) is 122 Å². The number of rotatable bonds is 8. The van der Waals surface area contributed by atoms with Crippen molar-refractivity contribution in [2.45, 2.75) is 6.42 Å². The maximum Gasteiger partial charge on any atom is 0.330 e. The molecule has 1 atom stereocenters. The van der Waals surface area contributed by atoms with E-state index in [-0.39, 0.29) is 18.0 Å². The number of methoxy groups -OCH3 is 2. The number of carbonyl (C=O) groups is 4. The number of imide groups is 2. The van der Waals surface area contributed by atoms with Crippen LogP contribution in [0.5, 0.6) is 11.5 Å². The molecule has 1 aliphatic heterocycles. The predicted molar refractivity (Wildman–Crippen MR) is 93.9 cm³/mol. The van der Waals surface area contributed by atoms with Crippen LogP contribution in [0.4, 0.5) is 4.79 Å². The molecule has 1 heterocycles. The van der Waals surface area contributed by atoms with Gasteiger partial charge in [-0.2, -0.15) is 0 Å². The lowest BCUT2D eigenvalue weighted by molar-refractivity contribution is -0.146. The van der Waals surface area contributed by atoms with Gasteiger partial charge in [-0.3, -0.25) is 24.6 Å². The van der Waals surface area contributed by atoms with E-state index in [9.17, 15) is 24.3 Å². The first-order chi connectivity index (χ1) is 12.9. The van der Waals surface area contributed by atoms with Crippen molar-refractivity contribution in [2.24, 2.45) is 5.92 Å². The fraction of sp³-hybridized carbons (Fsp3) is 0.333. The van der Waals surface area contributed by atoms with Crippen LogP contribution in [0.3, 0.4) is 0 Å². The van der Waals surface area contributed by atoms with Crippen LogP contribution in [-0.4, -0.2) is 61.0 Å². The van der Waals surface area contributed by atoms with Crippen LogP contribution in [0.25, 0.3) is 6.08 Å². The van der Waals surface area contributed by atoms with E-state index in [2.05, 4.69) is 0 Å². The van der Waals surface area contributed by atoms with E-state index in [1.165, 1.54) is 32.4 Å². The van der Waals surface area contributed by atoms with Crippen LogP contribution in [0.15, 0.2) is 24.3 Å². The maximum absolute atomic E-state index is 12.4. The molecule has 0 aromatic heterocycles. The second-order valence-corrected chi connectivity index (χ2v) is 5.73. The minimum atomic E-state index is -1.63. The standard InChI is InChI=1S/C18H20N2O7/c1-26-9-3-8-20-17(24)15(16(23)19-18(20)25)12(21)6-4-11-5-7-14(27-2)13(22)10-11/h4-7,10,15,22H,3,8-9H2,1-2H3,(H,19,23,25)/b6-4+/t15-/m1/s1. The number of phenols is 1. The van der Waals surface area contributed by atoms with Crippen LogP contribution >= 0.6 is 0 Å². The van der Waals surface area contributed by atoms with Crippen molar-refractivity contribution in [3.05, 3.63) is 29.8 Å². The van der Waals surface area contributed by atoms with E-state index < -0.39 is 29.5 Å². The second kappa shape index (κ2) is 8.95. The van der Waals surface area contributed by atoms with Crippen LogP contribution in [0, 0.1) is 5.92 Å². The number of hydrogen-bond acceptors (Lipinski definition) is 7. The SMILES string of the molecule is COCCCN1C(=O)NC(=O)[C@@H](C(=O)/C=C/c2ccc(OC)c(O)c2)C1=O. The van der Waals surface area contributed by atoms with Crippen molar-refractivity contribution in [1.29, 1.82) is 0 Å². The number of nitrogens with zero attached hydrogens (tertiary/aromatic N) is 1. The van der Waals surface area contributed by atoms with E-state index in [0.29, 0.717) is 18.6 Å². The first kappa shape index (κ1) is 20.1. The summed E-state index contributed by atoms with van der Waals surface area (Å²) in [6.07, 6.45) is 2.80. The van der Waals surface area contributed by atoms with Gasteiger partial charge in [-0.05, 0) is 30.2 Å². The van der Waals surface area contributed by atoms with Crippen molar-refractivity contribution < 1.29 is 33.8 Å². The van der Waals surface area contributed by atoms with Crippen molar-refractivity contribution in [3.63, 3.8) is 0 Å². The molecular weight excluding hydrogens is 356 g/mol. The fourth-order valence-corrected chi connectivity index (χ4v) is 2.53. The average Bonchev–Trinajstić information content (AvgIpc) is 2.62. The fourth-order valence-electron chi connectivity index (χ4n) is 2.53. The summed E-state index contributed by atoms with van der Waals surface area (Å²) >= 11 is 0. The quantitative estimate of drug-likeness (QED) is 0.389. The number of amides is 4. The highest BCUT2D eigenvalue weighted by Gasteiger charge is 2.43. The number of aromatic hydroxyl groups is 1. The van der Waals surface area contributed by atoms with Gasteiger partial charge in [0.2, 0.25) is 5.91 Å². The highest BCUT2D eigenvalue weighted by atomic mass is 16.5. The number of barbiturate groups is 1. The summed E-state index contributed by atoms with van der Waals surface area (Å²) in [7, 11) is 2.89. The number of allylic oxidation sites excluding steroid dienone is 1. The van der Waals surface area contributed by atoms with Gasteiger partial charge < -0.3 is 14.6 Å². The van der Waals surface area contributed by atoms with Crippen molar-refractivity contribution in [3.8, 4) is 11.5 Å². The zero-order chi connectivity index (χ0) is 20.0. The van der Waals surface area contributed by atoms with Crippen molar-refractivity contribution in [2.75, 3.05) is 27.4 Å². The molecule has 0 aliphatic carbocycles. The second-order valence-electron chi connectivity index (χ2n) is 5.73. The maximum atomic E-state index is 12.4. The van der Waals surface area contributed by atoms with Crippen molar-refractivity contribution >= 4 is 29.7 Å². The van der Waals surface area contributed by atoms with Gasteiger partial charge in [0.1, 0.15) is 0 Å². The Hall–Kier alpha value is -3.20. The Kier molecular flexibility index (Phi) is 6.67. The monoisotopic (exact) mass is 376 g/mol. The van der Waals surface area contributed by atoms with E-state index in [4.69, 9.17) is 9.47 Å². The molecule has 2 rings (SSSR count). The van der Waals surface area contributed by atoms with E-state index >= 15 is 0 Å². The highest BCUT2D eigenvalue weighted by molar-refractivity contribution is 6.28. The molecule has 1 aromatic rings. The molecule has 0 radical (unpaired) electrons. The summed E-state index contributed by atoms with van der Waals surface area (Å²) in [4.78, 5) is 49.4. The third-order valence-corrected chi connectivity index (χ3v) is 3.91. The Bertz CT molecular complexity index is 788. The zero-order valence-corrected chi connectivity index (χ0v) is 14.9. The number of ketones is 1. The summed E-state index contributed by atoms with van der Waals surface area (Å²) in [6.45, 7) is 0.357. The molecule has 9 nitrogen and oxygen atoms in total.